The van der Waals surface area contributed by atoms with Crippen molar-refractivity contribution in [3.8, 4) is 28.4 Å². The second-order valence-corrected chi connectivity index (χ2v) is 5.11. The topological polar surface area (TPSA) is 63.9 Å². The molecule has 1 saturated heterocycles. The number of phenols is 3. The van der Waals surface area contributed by atoms with E-state index in [1.165, 1.54) is 6.07 Å². The predicted molar refractivity (Wildman–Crippen MR) is 78.3 cm³/mol. The Morgan fingerprint density at radius 2 is 1.60 bits per heavy atom. The summed E-state index contributed by atoms with van der Waals surface area (Å²) in [7, 11) is 0. The van der Waals surface area contributed by atoms with E-state index in [-0.39, 0.29) is 17.2 Å². The minimum absolute atomic E-state index is 0.114. The highest BCUT2D eigenvalue weighted by atomic mass is 16.3. The Bertz CT molecular complexity index is 634. The summed E-state index contributed by atoms with van der Waals surface area (Å²) in [4.78, 5) is 2.07. The average Bonchev–Trinajstić information content (AvgIpc) is 2.95. The molecular weight excluding hydrogens is 254 g/mol. The van der Waals surface area contributed by atoms with Gasteiger partial charge in [0.25, 0.3) is 0 Å². The molecule has 1 aliphatic rings. The molecule has 4 nitrogen and oxygen atoms in total. The summed E-state index contributed by atoms with van der Waals surface area (Å²) in [6, 6.07) is 9.76. The van der Waals surface area contributed by atoms with Crippen molar-refractivity contribution < 1.29 is 15.3 Å². The van der Waals surface area contributed by atoms with Crippen molar-refractivity contribution in [2.45, 2.75) is 12.8 Å². The molecule has 1 heterocycles. The van der Waals surface area contributed by atoms with Gasteiger partial charge in [-0.25, -0.2) is 0 Å². The largest absolute Gasteiger partial charge is 0.508 e. The summed E-state index contributed by atoms with van der Waals surface area (Å²) in [5.41, 5.74) is 1.86. The van der Waals surface area contributed by atoms with E-state index < -0.39 is 0 Å². The van der Waals surface area contributed by atoms with Gasteiger partial charge in [-0.1, -0.05) is 12.1 Å². The highest BCUT2D eigenvalue weighted by Gasteiger charge is 2.19. The predicted octanol–water partition coefficient (Wildman–Crippen LogP) is 3.07. The zero-order chi connectivity index (χ0) is 14.1. The summed E-state index contributed by atoms with van der Waals surface area (Å²) in [6.07, 6.45) is 2.19. The molecule has 2 aromatic rings. The van der Waals surface area contributed by atoms with Crippen molar-refractivity contribution >= 4 is 5.69 Å². The lowest BCUT2D eigenvalue weighted by molar-refractivity contribution is 0.461. The van der Waals surface area contributed by atoms with Gasteiger partial charge in [-0.2, -0.15) is 0 Å². The van der Waals surface area contributed by atoms with Crippen molar-refractivity contribution in [2.24, 2.45) is 0 Å². The molecule has 0 unspecified atom stereocenters. The first kappa shape index (κ1) is 12.7. The lowest BCUT2D eigenvalue weighted by atomic mass is 10.0. The Balaban J connectivity index is 2.11. The maximum absolute atomic E-state index is 10.5. The number of hydrogen-bond acceptors (Lipinski definition) is 4. The van der Waals surface area contributed by atoms with Crippen LogP contribution in [0.5, 0.6) is 17.2 Å². The Kier molecular flexibility index (Phi) is 3.14. The summed E-state index contributed by atoms with van der Waals surface area (Å²) >= 11 is 0. The summed E-state index contributed by atoms with van der Waals surface area (Å²) < 4.78 is 0. The molecule has 0 aromatic heterocycles. The van der Waals surface area contributed by atoms with Crippen LogP contribution in [0.4, 0.5) is 5.69 Å². The molecule has 1 fully saturated rings. The molecule has 20 heavy (non-hydrogen) atoms. The minimum atomic E-state index is 0.114. The SMILES string of the molecule is Oc1cccc(-c2cc(O)cc(N3CCCC3)c2O)c1. The molecule has 0 aliphatic carbocycles. The van der Waals surface area contributed by atoms with E-state index in [1.807, 2.05) is 0 Å². The van der Waals surface area contributed by atoms with Gasteiger partial charge in [0.05, 0.1) is 5.69 Å². The molecule has 0 amide bonds. The standard InChI is InChI=1S/C16H17NO3/c18-12-5-3-4-11(8-12)14-9-13(19)10-15(16(14)20)17-6-1-2-7-17/h3-5,8-10,18-20H,1-2,6-7H2. The van der Waals surface area contributed by atoms with E-state index in [2.05, 4.69) is 4.90 Å². The van der Waals surface area contributed by atoms with Crippen LogP contribution in [0.1, 0.15) is 12.8 Å². The number of phenolic OH excluding ortho intramolecular Hbond substituents is 3. The molecule has 104 valence electrons. The van der Waals surface area contributed by atoms with Crippen molar-refractivity contribution in [1.29, 1.82) is 0 Å². The molecule has 0 bridgehead atoms. The fraction of sp³-hybridized carbons (Fsp3) is 0.250. The van der Waals surface area contributed by atoms with Crippen molar-refractivity contribution in [3.05, 3.63) is 36.4 Å². The van der Waals surface area contributed by atoms with E-state index in [4.69, 9.17) is 0 Å². The van der Waals surface area contributed by atoms with Gasteiger partial charge in [-0.15, -0.1) is 0 Å². The zero-order valence-corrected chi connectivity index (χ0v) is 11.1. The highest BCUT2D eigenvalue weighted by molar-refractivity contribution is 5.80. The second kappa shape index (κ2) is 4.96. The van der Waals surface area contributed by atoms with Crippen molar-refractivity contribution in [2.75, 3.05) is 18.0 Å². The molecule has 4 heteroatoms. The van der Waals surface area contributed by atoms with E-state index in [0.29, 0.717) is 16.8 Å². The van der Waals surface area contributed by atoms with Crippen LogP contribution < -0.4 is 4.90 Å². The van der Waals surface area contributed by atoms with Gasteiger partial charge in [0.1, 0.15) is 17.2 Å². The summed E-state index contributed by atoms with van der Waals surface area (Å²) in [5.74, 6) is 0.395. The molecule has 2 aromatic carbocycles. The van der Waals surface area contributed by atoms with Crippen molar-refractivity contribution in [3.63, 3.8) is 0 Å². The van der Waals surface area contributed by atoms with Gasteiger partial charge < -0.3 is 20.2 Å². The monoisotopic (exact) mass is 271 g/mol. The van der Waals surface area contributed by atoms with Gasteiger partial charge >= 0.3 is 0 Å². The molecular formula is C16H17NO3. The summed E-state index contributed by atoms with van der Waals surface area (Å²) in [5, 5.41) is 30.0. The number of rotatable bonds is 2. The fourth-order valence-electron chi connectivity index (χ4n) is 2.70. The van der Waals surface area contributed by atoms with Crippen LogP contribution >= 0.6 is 0 Å². The molecule has 0 spiro atoms. The lowest BCUT2D eigenvalue weighted by Crippen LogP contribution is -2.17. The number of anilines is 1. The van der Waals surface area contributed by atoms with E-state index in [1.54, 1.807) is 30.3 Å². The van der Waals surface area contributed by atoms with Crippen LogP contribution in [-0.4, -0.2) is 28.4 Å². The number of aromatic hydroxyl groups is 3. The Morgan fingerprint density at radius 3 is 2.30 bits per heavy atom. The minimum Gasteiger partial charge on any atom is -0.508 e. The van der Waals surface area contributed by atoms with E-state index in [0.717, 1.165) is 25.9 Å². The maximum atomic E-state index is 10.5. The van der Waals surface area contributed by atoms with Crippen molar-refractivity contribution in [1.82, 2.24) is 0 Å². The molecule has 1 aliphatic heterocycles. The first-order valence-electron chi connectivity index (χ1n) is 6.75. The zero-order valence-electron chi connectivity index (χ0n) is 11.1. The summed E-state index contributed by atoms with van der Waals surface area (Å²) in [6.45, 7) is 1.77. The first-order valence-corrected chi connectivity index (χ1v) is 6.75. The molecule has 0 atom stereocenters. The number of hydrogen-bond donors (Lipinski definition) is 3. The Labute approximate surface area is 117 Å². The number of nitrogens with zero attached hydrogens (tertiary/aromatic N) is 1. The third-order valence-electron chi connectivity index (χ3n) is 3.68. The van der Waals surface area contributed by atoms with Crippen LogP contribution in [0, 0.1) is 0 Å². The maximum Gasteiger partial charge on any atom is 0.146 e. The van der Waals surface area contributed by atoms with Gasteiger partial charge in [0.2, 0.25) is 0 Å². The molecule has 3 rings (SSSR count). The number of benzene rings is 2. The van der Waals surface area contributed by atoms with E-state index in [9.17, 15) is 15.3 Å². The van der Waals surface area contributed by atoms with E-state index >= 15 is 0 Å². The van der Waals surface area contributed by atoms with Crippen LogP contribution in [-0.2, 0) is 0 Å². The third kappa shape index (κ3) is 2.25. The van der Waals surface area contributed by atoms with Crippen LogP contribution in [0.2, 0.25) is 0 Å². The smallest absolute Gasteiger partial charge is 0.146 e. The van der Waals surface area contributed by atoms with Gasteiger partial charge in [-0.3, -0.25) is 0 Å². The van der Waals surface area contributed by atoms with Crippen LogP contribution in [0.3, 0.4) is 0 Å². The second-order valence-electron chi connectivity index (χ2n) is 5.11. The average molecular weight is 271 g/mol. The fourth-order valence-corrected chi connectivity index (χ4v) is 2.70. The van der Waals surface area contributed by atoms with Gasteiger partial charge in [-0.05, 0) is 36.6 Å². The third-order valence-corrected chi connectivity index (χ3v) is 3.68. The lowest BCUT2D eigenvalue weighted by Gasteiger charge is -2.21. The quantitative estimate of drug-likeness (QED) is 0.734. The Hall–Kier alpha value is -2.36. The Morgan fingerprint density at radius 1 is 0.850 bits per heavy atom. The molecule has 3 N–H and O–H groups in total. The molecule has 0 saturated carbocycles. The van der Waals surface area contributed by atoms with Crippen LogP contribution in [0.25, 0.3) is 11.1 Å². The van der Waals surface area contributed by atoms with Crippen LogP contribution in [0.15, 0.2) is 36.4 Å². The first-order chi connectivity index (χ1) is 9.65. The van der Waals surface area contributed by atoms with Gasteiger partial charge in [0, 0.05) is 24.7 Å². The van der Waals surface area contributed by atoms with Gasteiger partial charge in [0.15, 0.2) is 0 Å². The molecule has 0 radical (unpaired) electrons. The highest BCUT2D eigenvalue weighted by Crippen LogP contribution is 2.42. The normalized spacial score (nSPS) is 14.7.